The number of rotatable bonds is 11. The first-order valence-electron chi connectivity index (χ1n) is 14.0. The molecule has 0 spiro atoms. The number of hydrogen-bond acceptors (Lipinski definition) is 8. The molecular weight excluding hydrogens is 556 g/mol. The predicted molar refractivity (Wildman–Crippen MR) is 162 cm³/mol. The molecule has 10 nitrogen and oxygen atoms in total. The van der Waals surface area contributed by atoms with Crippen LogP contribution in [0, 0.1) is 0 Å². The highest BCUT2D eigenvalue weighted by Crippen LogP contribution is 2.38. The fraction of sp³-hybridized carbons (Fsp3) is 0.484. The molecule has 3 aromatic rings. The number of ether oxygens (including phenoxy) is 4. The first-order valence-corrected chi connectivity index (χ1v) is 16.9. The average molecular weight is 599 g/mol. The van der Waals surface area contributed by atoms with Crippen molar-refractivity contribution in [2.45, 2.75) is 76.6 Å². The molecule has 1 aromatic heterocycles. The van der Waals surface area contributed by atoms with Gasteiger partial charge in [-0.15, -0.1) is 0 Å². The molecule has 2 aromatic carbocycles. The van der Waals surface area contributed by atoms with Gasteiger partial charge in [-0.2, -0.15) is 0 Å². The minimum Gasteiger partial charge on any atom is -0.497 e. The zero-order valence-corrected chi connectivity index (χ0v) is 26.4. The summed E-state index contributed by atoms with van der Waals surface area (Å²) in [5.74, 6) is 1.39. The van der Waals surface area contributed by atoms with E-state index in [0.29, 0.717) is 5.75 Å². The largest absolute Gasteiger partial charge is 0.497 e. The number of methoxy groups -OCH3 is 2. The number of hydrogen-bond donors (Lipinski definition) is 1. The Morgan fingerprint density at radius 3 is 2.02 bits per heavy atom. The summed E-state index contributed by atoms with van der Waals surface area (Å²) in [6, 6.07) is 15.9. The monoisotopic (exact) mass is 598 g/mol. The first-order chi connectivity index (χ1) is 19.8. The Labute approximate surface area is 247 Å². The zero-order chi connectivity index (χ0) is 30.7. The molecule has 1 aliphatic rings. The molecule has 0 amide bonds. The number of nitrogens with zero attached hydrogens (tertiary/aromatic N) is 2. The van der Waals surface area contributed by atoms with Crippen LogP contribution in [0.4, 0.5) is 0 Å². The Bertz CT molecular complexity index is 1440. The first kappa shape index (κ1) is 31.7. The van der Waals surface area contributed by atoms with Crippen LogP contribution in [0.3, 0.4) is 0 Å². The second-order valence-electron chi connectivity index (χ2n) is 12.0. The molecule has 11 heteroatoms. The average Bonchev–Trinajstić information content (AvgIpc) is 3.27. The van der Waals surface area contributed by atoms with E-state index in [1.807, 2.05) is 24.3 Å². The summed E-state index contributed by atoms with van der Waals surface area (Å²) in [7, 11) is 1.02. The fourth-order valence-electron chi connectivity index (χ4n) is 4.47. The van der Waals surface area contributed by atoms with Crippen molar-refractivity contribution in [1.29, 1.82) is 0 Å². The highest BCUT2D eigenvalue weighted by atomic mass is 28.4. The number of aliphatic hydroxyl groups is 1. The molecule has 0 saturated carbocycles. The standard InChI is InChI=1S/C31H42N2O8Si/c1-31(2,3)42(6,7)40-20-25-27(35)28(39-19-22-10-14-24(38-5)15-11-22)29(41-25)32-17-16-26(34)33(30(32)36)18-21-8-12-23(37-4)13-9-21/h8-17,25,27-29,35H,18-20H2,1-7H3/t25-,27-,28-,29-/m1/s1. The highest BCUT2D eigenvalue weighted by molar-refractivity contribution is 6.74. The maximum absolute atomic E-state index is 13.7. The van der Waals surface area contributed by atoms with Gasteiger partial charge in [0.25, 0.3) is 5.56 Å². The van der Waals surface area contributed by atoms with Crippen LogP contribution in [0.15, 0.2) is 70.4 Å². The lowest BCUT2D eigenvalue weighted by atomic mass is 10.1. The minimum absolute atomic E-state index is 0.0336. The van der Waals surface area contributed by atoms with Gasteiger partial charge in [-0.25, -0.2) is 4.79 Å². The Kier molecular flexibility index (Phi) is 9.79. The molecule has 4 atom stereocenters. The lowest BCUT2D eigenvalue weighted by Gasteiger charge is -2.37. The highest BCUT2D eigenvalue weighted by Gasteiger charge is 2.47. The normalized spacial score (nSPS) is 21.0. The van der Waals surface area contributed by atoms with E-state index in [0.717, 1.165) is 21.4 Å². The van der Waals surface area contributed by atoms with Crippen LogP contribution >= 0.6 is 0 Å². The van der Waals surface area contributed by atoms with Crippen LogP contribution in [-0.4, -0.2) is 61.7 Å². The molecule has 1 aliphatic heterocycles. The number of benzene rings is 2. The molecule has 2 heterocycles. The van der Waals surface area contributed by atoms with Gasteiger partial charge in [0.1, 0.15) is 29.8 Å². The lowest BCUT2D eigenvalue weighted by Crippen LogP contribution is -2.45. The van der Waals surface area contributed by atoms with Gasteiger partial charge in [0, 0.05) is 12.3 Å². The molecule has 42 heavy (non-hydrogen) atoms. The van der Waals surface area contributed by atoms with Crippen LogP contribution in [0.2, 0.25) is 18.1 Å². The molecule has 1 fully saturated rings. The van der Waals surface area contributed by atoms with E-state index in [4.69, 9.17) is 23.4 Å². The van der Waals surface area contributed by atoms with Crippen LogP contribution in [0.5, 0.6) is 11.5 Å². The van der Waals surface area contributed by atoms with Gasteiger partial charge in [0.05, 0.1) is 34.0 Å². The van der Waals surface area contributed by atoms with Crippen molar-refractivity contribution in [2.75, 3.05) is 20.8 Å². The van der Waals surface area contributed by atoms with Crippen molar-refractivity contribution in [3.05, 3.63) is 92.8 Å². The summed E-state index contributed by atoms with van der Waals surface area (Å²) in [4.78, 5) is 26.5. The van der Waals surface area contributed by atoms with Crippen molar-refractivity contribution in [1.82, 2.24) is 9.13 Å². The van der Waals surface area contributed by atoms with Gasteiger partial charge < -0.3 is 28.5 Å². The fourth-order valence-corrected chi connectivity index (χ4v) is 5.48. The summed E-state index contributed by atoms with van der Waals surface area (Å²) < 4.78 is 31.8. The van der Waals surface area contributed by atoms with Crippen molar-refractivity contribution < 1.29 is 28.5 Å². The van der Waals surface area contributed by atoms with Crippen LogP contribution in [0.1, 0.15) is 38.1 Å². The Balaban J connectivity index is 1.63. The van der Waals surface area contributed by atoms with Gasteiger partial charge in [-0.05, 0) is 53.5 Å². The summed E-state index contributed by atoms with van der Waals surface area (Å²) >= 11 is 0. The molecule has 0 unspecified atom stereocenters. The number of aliphatic hydroxyl groups excluding tert-OH is 1. The van der Waals surface area contributed by atoms with Gasteiger partial charge in [0.2, 0.25) is 0 Å². The van der Waals surface area contributed by atoms with Gasteiger partial charge in [-0.3, -0.25) is 13.9 Å². The Hall–Kier alpha value is -3.22. The summed E-state index contributed by atoms with van der Waals surface area (Å²) in [6.45, 7) is 11.1. The van der Waals surface area contributed by atoms with Crippen molar-refractivity contribution in [2.24, 2.45) is 0 Å². The van der Waals surface area contributed by atoms with E-state index in [-0.39, 0.29) is 24.8 Å². The van der Waals surface area contributed by atoms with E-state index in [1.54, 1.807) is 38.5 Å². The molecule has 228 valence electrons. The quantitative estimate of drug-likeness (QED) is 0.331. The van der Waals surface area contributed by atoms with Crippen LogP contribution in [-0.2, 0) is 27.1 Å². The van der Waals surface area contributed by atoms with Crippen molar-refractivity contribution in [3.8, 4) is 11.5 Å². The maximum Gasteiger partial charge on any atom is 0.333 e. The summed E-state index contributed by atoms with van der Waals surface area (Å²) in [5.41, 5.74) is 0.603. The van der Waals surface area contributed by atoms with Crippen molar-refractivity contribution in [3.63, 3.8) is 0 Å². The van der Waals surface area contributed by atoms with E-state index in [1.165, 1.54) is 16.8 Å². The third kappa shape index (κ3) is 7.04. The van der Waals surface area contributed by atoms with Crippen LogP contribution in [0.25, 0.3) is 0 Å². The summed E-state index contributed by atoms with van der Waals surface area (Å²) in [6.07, 6.45) is -2.30. The number of aromatic nitrogens is 2. The minimum atomic E-state index is -2.15. The Morgan fingerprint density at radius 1 is 0.905 bits per heavy atom. The third-order valence-electron chi connectivity index (χ3n) is 8.20. The van der Waals surface area contributed by atoms with E-state index in [9.17, 15) is 14.7 Å². The van der Waals surface area contributed by atoms with Gasteiger partial charge >= 0.3 is 5.69 Å². The molecule has 0 bridgehead atoms. The zero-order valence-electron chi connectivity index (χ0n) is 25.4. The van der Waals surface area contributed by atoms with Crippen LogP contribution < -0.4 is 20.7 Å². The van der Waals surface area contributed by atoms with Gasteiger partial charge in [-0.1, -0.05) is 45.0 Å². The molecule has 1 saturated heterocycles. The molecule has 1 N–H and O–H groups in total. The predicted octanol–water partition coefficient (Wildman–Crippen LogP) is 3.94. The van der Waals surface area contributed by atoms with E-state index in [2.05, 4.69) is 33.9 Å². The molecule has 0 aliphatic carbocycles. The maximum atomic E-state index is 13.7. The third-order valence-corrected chi connectivity index (χ3v) is 12.7. The topological polar surface area (TPSA) is 110 Å². The molecule has 0 radical (unpaired) electrons. The lowest BCUT2D eigenvalue weighted by molar-refractivity contribution is -0.0798. The smallest absolute Gasteiger partial charge is 0.333 e. The van der Waals surface area contributed by atoms with Gasteiger partial charge in [0.15, 0.2) is 14.5 Å². The Morgan fingerprint density at radius 2 is 1.48 bits per heavy atom. The van der Waals surface area contributed by atoms with E-state index < -0.39 is 44.1 Å². The molecule has 4 rings (SSSR count). The molecular formula is C31H42N2O8Si. The van der Waals surface area contributed by atoms with E-state index >= 15 is 0 Å². The second kappa shape index (κ2) is 13.0. The van der Waals surface area contributed by atoms with Crippen molar-refractivity contribution >= 4 is 8.32 Å². The SMILES string of the molecule is COc1ccc(CO[C@@H]2[C@H](O)[C@@H](CO[Si](C)(C)C(C)(C)C)O[C@H]2n2ccc(=O)n(Cc3ccc(OC)cc3)c2=O)cc1. The summed E-state index contributed by atoms with van der Waals surface area (Å²) in [5, 5.41) is 11.4. The second-order valence-corrected chi connectivity index (χ2v) is 16.8.